The topological polar surface area (TPSA) is 50.7 Å². The van der Waals surface area contributed by atoms with Crippen molar-refractivity contribution in [2.75, 3.05) is 7.11 Å². The molecule has 0 saturated carbocycles. The molecular formula is C15H12ClFN2O2. The molecule has 0 saturated heterocycles. The smallest absolute Gasteiger partial charge is 0.275 e. The summed E-state index contributed by atoms with van der Waals surface area (Å²) < 4.78 is 18.6. The van der Waals surface area contributed by atoms with E-state index in [1.165, 1.54) is 25.3 Å². The predicted molar refractivity (Wildman–Crippen MR) is 79.5 cm³/mol. The molecule has 2 aromatic rings. The van der Waals surface area contributed by atoms with Gasteiger partial charge in [-0.1, -0.05) is 29.8 Å². The quantitative estimate of drug-likeness (QED) is 0.696. The molecule has 0 spiro atoms. The van der Waals surface area contributed by atoms with Crippen LogP contribution in [0.5, 0.6) is 5.75 Å². The van der Waals surface area contributed by atoms with Crippen LogP contribution in [0.15, 0.2) is 47.6 Å². The third-order valence-corrected chi connectivity index (χ3v) is 3.04. The molecule has 0 fully saturated rings. The second-order valence-corrected chi connectivity index (χ2v) is 4.44. The molecule has 0 aliphatic rings. The van der Waals surface area contributed by atoms with Crippen molar-refractivity contribution < 1.29 is 13.9 Å². The molecule has 0 bridgehead atoms. The number of carbonyl (C=O) groups excluding carboxylic acids is 1. The average molecular weight is 307 g/mol. The van der Waals surface area contributed by atoms with Crippen molar-refractivity contribution in [3.05, 3.63) is 64.4 Å². The number of nitrogens with zero attached hydrogens (tertiary/aromatic N) is 1. The summed E-state index contributed by atoms with van der Waals surface area (Å²) in [4.78, 5) is 12.0. The summed E-state index contributed by atoms with van der Waals surface area (Å²) in [6.45, 7) is 0. The van der Waals surface area contributed by atoms with Crippen LogP contribution in [0.2, 0.25) is 5.02 Å². The number of benzene rings is 2. The number of methoxy groups -OCH3 is 1. The maximum atomic E-state index is 13.5. The van der Waals surface area contributed by atoms with Crippen LogP contribution >= 0.6 is 11.6 Å². The molecular weight excluding hydrogens is 295 g/mol. The molecule has 0 aliphatic carbocycles. The second kappa shape index (κ2) is 6.85. The van der Waals surface area contributed by atoms with Crippen LogP contribution in [0, 0.1) is 5.82 Å². The zero-order valence-electron chi connectivity index (χ0n) is 11.1. The summed E-state index contributed by atoms with van der Waals surface area (Å²) in [6, 6.07) is 11.0. The fraction of sp³-hybridized carbons (Fsp3) is 0.0667. The van der Waals surface area contributed by atoms with Crippen molar-refractivity contribution in [1.29, 1.82) is 0 Å². The fourth-order valence-corrected chi connectivity index (χ4v) is 1.89. The SMILES string of the molecule is COc1ccccc1C(=O)NN=Cc1c(F)cccc1Cl. The van der Waals surface area contributed by atoms with Crippen LogP contribution in [0.3, 0.4) is 0 Å². The number of rotatable bonds is 4. The number of hydrazone groups is 1. The van der Waals surface area contributed by atoms with Gasteiger partial charge in [0.05, 0.1) is 23.9 Å². The standard InChI is InChI=1S/C15H12ClFN2O2/c1-21-14-8-3-2-5-10(14)15(20)19-18-9-11-12(16)6-4-7-13(11)17/h2-9H,1H3,(H,19,20). The van der Waals surface area contributed by atoms with Crippen molar-refractivity contribution in [2.45, 2.75) is 0 Å². The number of hydrogen-bond acceptors (Lipinski definition) is 3. The second-order valence-electron chi connectivity index (χ2n) is 4.03. The Morgan fingerprint density at radius 2 is 2.05 bits per heavy atom. The Hall–Kier alpha value is -2.40. The third kappa shape index (κ3) is 3.58. The Morgan fingerprint density at radius 3 is 2.76 bits per heavy atom. The van der Waals surface area contributed by atoms with Gasteiger partial charge in [0.1, 0.15) is 11.6 Å². The summed E-state index contributed by atoms with van der Waals surface area (Å²) in [5.41, 5.74) is 2.74. The van der Waals surface area contributed by atoms with E-state index >= 15 is 0 Å². The first kappa shape index (κ1) is 15.0. The lowest BCUT2D eigenvalue weighted by Crippen LogP contribution is -2.18. The molecule has 2 aromatic carbocycles. The number of ether oxygens (including phenoxy) is 1. The van der Waals surface area contributed by atoms with E-state index in [0.717, 1.165) is 6.21 Å². The maximum absolute atomic E-state index is 13.5. The van der Waals surface area contributed by atoms with Crippen molar-refractivity contribution in [3.63, 3.8) is 0 Å². The number of para-hydroxylation sites is 1. The van der Waals surface area contributed by atoms with Crippen LogP contribution in [0.1, 0.15) is 15.9 Å². The van der Waals surface area contributed by atoms with Gasteiger partial charge in [0, 0.05) is 5.56 Å². The highest BCUT2D eigenvalue weighted by Gasteiger charge is 2.10. The zero-order valence-corrected chi connectivity index (χ0v) is 11.9. The molecule has 2 rings (SSSR count). The van der Waals surface area contributed by atoms with E-state index in [1.807, 2.05) is 0 Å². The van der Waals surface area contributed by atoms with Crippen molar-refractivity contribution in [3.8, 4) is 5.75 Å². The molecule has 1 N–H and O–H groups in total. The fourth-order valence-electron chi connectivity index (χ4n) is 1.68. The summed E-state index contributed by atoms with van der Waals surface area (Å²) in [5.74, 6) is -0.553. The molecule has 0 heterocycles. The Kier molecular flexibility index (Phi) is 4.90. The zero-order chi connectivity index (χ0) is 15.2. The predicted octanol–water partition coefficient (Wildman–Crippen LogP) is 3.25. The Bertz CT molecular complexity index is 669. The number of amides is 1. The van der Waals surface area contributed by atoms with Crippen LogP contribution in [-0.2, 0) is 0 Å². The molecule has 0 aliphatic heterocycles. The molecule has 6 heteroatoms. The number of nitrogens with one attached hydrogen (secondary N) is 1. The number of carbonyl (C=O) groups is 1. The lowest BCUT2D eigenvalue weighted by Gasteiger charge is -2.06. The van der Waals surface area contributed by atoms with Gasteiger partial charge in [-0.25, -0.2) is 9.82 Å². The van der Waals surface area contributed by atoms with E-state index in [9.17, 15) is 9.18 Å². The van der Waals surface area contributed by atoms with Gasteiger partial charge in [0.15, 0.2) is 0 Å². The summed E-state index contributed by atoms with van der Waals surface area (Å²) in [5, 5.41) is 3.92. The summed E-state index contributed by atoms with van der Waals surface area (Å²) in [7, 11) is 1.47. The van der Waals surface area contributed by atoms with Crippen molar-refractivity contribution >= 4 is 23.7 Å². The molecule has 0 aromatic heterocycles. The lowest BCUT2D eigenvalue weighted by atomic mass is 10.2. The van der Waals surface area contributed by atoms with Gasteiger partial charge < -0.3 is 4.74 Å². The summed E-state index contributed by atoms with van der Waals surface area (Å²) in [6.07, 6.45) is 1.16. The van der Waals surface area contributed by atoms with Gasteiger partial charge in [0.25, 0.3) is 5.91 Å². The number of halogens is 2. The third-order valence-electron chi connectivity index (χ3n) is 2.71. The van der Waals surface area contributed by atoms with Gasteiger partial charge in [-0.3, -0.25) is 4.79 Å². The molecule has 0 unspecified atom stereocenters. The van der Waals surface area contributed by atoms with E-state index in [0.29, 0.717) is 11.3 Å². The van der Waals surface area contributed by atoms with Crippen LogP contribution < -0.4 is 10.2 Å². The van der Waals surface area contributed by atoms with Crippen molar-refractivity contribution in [1.82, 2.24) is 5.43 Å². The summed E-state index contributed by atoms with van der Waals surface area (Å²) >= 11 is 5.85. The molecule has 21 heavy (non-hydrogen) atoms. The average Bonchev–Trinajstić information content (AvgIpc) is 2.50. The first-order valence-electron chi connectivity index (χ1n) is 6.04. The van der Waals surface area contributed by atoms with Gasteiger partial charge in [-0.2, -0.15) is 5.10 Å². The maximum Gasteiger partial charge on any atom is 0.275 e. The highest BCUT2D eigenvalue weighted by atomic mass is 35.5. The largest absolute Gasteiger partial charge is 0.496 e. The molecule has 0 atom stereocenters. The van der Waals surface area contributed by atoms with Gasteiger partial charge >= 0.3 is 0 Å². The first-order chi connectivity index (χ1) is 10.1. The molecule has 1 amide bonds. The lowest BCUT2D eigenvalue weighted by molar-refractivity contribution is 0.0952. The Balaban J connectivity index is 2.12. The van der Waals surface area contributed by atoms with Crippen LogP contribution in [-0.4, -0.2) is 19.2 Å². The van der Waals surface area contributed by atoms with Crippen molar-refractivity contribution in [2.24, 2.45) is 5.10 Å². The molecule has 0 radical (unpaired) electrons. The van der Waals surface area contributed by atoms with E-state index in [4.69, 9.17) is 16.3 Å². The van der Waals surface area contributed by atoms with E-state index < -0.39 is 11.7 Å². The van der Waals surface area contributed by atoms with Gasteiger partial charge in [0.2, 0.25) is 0 Å². The molecule has 4 nitrogen and oxygen atoms in total. The number of hydrogen-bond donors (Lipinski definition) is 1. The van der Waals surface area contributed by atoms with Gasteiger partial charge in [-0.15, -0.1) is 0 Å². The minimum absolute atomic E-state index is 0.111. The highest BCUT2D eigenvalue weighted by Crippen LogP contribution is 2.18. The Labute approximate surface area is 126 Å². The van der Waals surface area contributed by atoms with Gasteiger partial charge in [-0.05, 0) is 24.3 Å². The monoisotopic (exact) mass is 306 g/mol. The van der Waals surface area contributed by atoms with Crippen LogP contribution in [0.25, 0.3) is 0 Å². The van der Waals surface area contributed by atoms with E-state index in [-0.39, 0.29) is 10.6 Å². The normalized spacial score (nSPS) is 10.6. The Morgan fingerprint density at radius 1 is 1.29 bits per heavy atom. The van der Waals surface area contributed by atoms with Crippen LogP contribution in [0.4, 0.5) is 4.39 Å². The van der Waals surface area contributed by atoms with E-state index in [2.05, 4.69) is 10.5 Å². The minimum atomic E-state index is -0.516. The van der Waals surface area contributed by atoms with E-state index in [1.54, 1.807) is 24.3 Å². The first-order valence-corrected chi connectivity index (χ1v) is 6.41. The molecule has 108 valence electrons. The minimum Gasteiger partial charge on any atom is -0.496 e. The highest BCUT2D eigenvalue weighted by molar-refractivity contribution is 6.33.